The number of hydrogen-bond acceptors (Lipinski definition) is 4. The van der Waals surface area contributed by atoms with Crippen molar-refractivity contribution in [3.63, 3.8) is 0 Å². The predicted octanol–water partition coefficient (Wildman–Crippen LogP) is 2.98. The topological polar surface area (TPSA) is 60.6 Å². The molecule has 0 aromatic carbocycles. The SMILES string of the molecule is CC(C)c1nn(C)c(Cl)c1CNc1ncnn1C(C)C. The maximum Gasteiger partial charge on any atom is 0.221 e. The van der Waals surface area contributed by atoms with Gasteiger partial charge in [-0.3, -0.25) is 4.68 Å². The van der Waals surface area contributed by atoms with Crippen molar-refractivity contribution < 1.29 is 0 Å². The van der Waals surface area contributed by atoms with E-state index in [0.29, 0.717) is 17.6 Å². The lowest BCUT2D eigenvalue weighted by atomic mass is 10.1. The van der Waals surface area contributed by atoms with E-state index in [1.54, 1.807) is 11.0 Å². The Morgan fingerprint density at radius 1 is 1.30 bits per heavy atom. The Morgan fingerprint density at radius 2 is 2.00 bits per heavy atom. The summed E-state index contributed by atoms with van der Waals surface area (Å²) in [6.07, 6.45) is 1.55. The summed E-state index contributed by atoms with van der Waals surface area (Å²) in [5.74, 6) is 1.07. The van der Waals surface area contributed by atoms with Crippen molar-refractivity contribution in [2.45, 2.75) is 46.2 Å². The van der Waals surface area contributed by atoms with Crippen LogP contribution in [0.15, 0.2) is 6.33 Å². The van der Waals surface area contributed by atoms with Crippen LogP contribution in [0.2, 0.25) is 5.15 Å². The van der Waals surface area contributed by atoms with Crippen LogP contribution in [0, 0.1) is 0 Å². The molecule has 2 heterocycles. The number of hydrogen-bond donors (Lipinski definition) is 1. The van der Waals surface area contributed by atoms with Crippen LogP contribution in [0.3, 0.4) is 0 Å². The molecule has 6 nitrogen and oxygen atoms in total. The molecule has 7 heteroatoms. The van der Waals surface area contributed by atoms with Crippen LogP contribution < -0.4 is 5.32 Å². The highest BCUT2D eigenvalue weighted by Crippen LogP contribution is 2.26. The van der Waals surface area contributed by atoms with E-state index in [0.717, 1.165) is 17.2 Å². The molecule has 0 radical (unpaired) electrons. The molecule has 2 aromatic heterocycles. The second kappa shape index (κ2) is 5.83. The first kappa shape index (κ1) is 14.8. The van der Waals surface area contributed by atoms with Crippen molar-refractivity contribution in [3.8, 4) is 0 Å². The lowest BCUT2D eigenvalue weighted by molar-refractivity contribution is 0.536. The van der Waals surface area contributed by atoms with Gasteiger partial charge in [-0.25, -0.2) is 4.68 Å². The fraction of sp³-hybridized carbons (Fsp3) is 0.615. The third-order valence-electron chi connectivity index (χ3n) is 3.13. The van der Waals surface area contributed by atoms with E-state index in [4.69, 9.17) is 11.6 Å². The van der Waals surface area contributed by atoms with Crippen molar-refractivity contribution in [1.82, 2.24) is 24.5 Å². The summed E-state index contributed by atoms with van der Waals surface area (Å²) < 4.78 is 3.56. The molecule has 1 N–H and O–H groups in total. The highest BCUT2D eigenvalue weighted by Gasteiger charge is 2.18. The van der Waals surface area contributed by atoms with Crippen molar-refractivity contribution in [2.75, 3.05) is 5.32 Å². The van der Waals surface area contributed by atoms with Crippen molar-refractivity contribution in [3.05, 3.63) is 22.7 Å². The van der Waals surface area contributed by atoms with E-state index in [9.17, 15) is 0 Å². The third kappa shape index (κ3) is 2.80. The Balaban J connectivity index is 2.21. The van der Waals surface area contributed by atoms with Crippen molar-refractivity contribution >= 4 is 17.5 Å². The van der Waals surface area contributed by atoms with Gasteiger partial charge in [0.15, 0.2) is 0 Å². The van der Waals surface area contributed by atoms with Crippen LogP contribution in [-0.4, -0.2) is 24.5 Å². The quantitative estimate of drug-likeness (QED) is 0.921. The zero-order valence-corrected chi connectivity index (χ0v) is 13.3. The van der Waals surface area contributed by atoms with Crippen LogP contribution in [0.4, 0.5) is 5.95 Å². The van der Waals surface area contributed by atoms with Crippen LogP contribution in [0.5, 0.6) is 0 Å². The molecule has 0 spiro atoms. The fourth-order valence-corrected chi connectivity index (χ4v) is 2.32. The standard InChI is InChI=1S/C13H21ClN6/c1-8(2)11-10(12(14)19(5)18-11)6-15-13-16-7-17-20(13)9(3)4/h7-9H,6H2,1-5H3,(H,15,16,17). The van der Waals surface area contributed by atoms with E-state index in [1.807, 2.05) is 11.7 Å². The Labute approximate surface area is 124 Å². The molecule has 2 aromatic rings. The monoisotopic (exact) mass is 296 g/mol. The molecule has 0 fully saturated rings. The van der Waals surface area contributed by atoms with E-state index in [1.165, 1.54) is 0 Å². The molecule has 0 atom stereocenters. The molecule has 0 amide bonds. The smallest absolute Gasteiger partial charge is 0.221 e. The summed E-state index contributed by atoms with van der Waals surface area (Å²) in [6.45, 7) is 8.94. The lowest BCUT2D eigenvalue weighted by Gasteiger charge is -2.11. The largest absolute Gasteiger partial charge is 0.350 e. The Kier molecular flexibility index (Phi) is 4.32. The average Bonchev–Trinajstić information content (AvgIpc) is 2.94. The highest BCUT2D eigenvalue weighted by molar-refractivity contribution is 6.30. The van der Waals surface area contributed by atoms with Crippen LogP contribution in [0.1, 0.15) is 50.9 Å². The minimum absolute atomic E-state index is 0.258. The van der Waals surface area contributed by atoms with E-state index >= 15 is 0 Å². The summed E-state index contributed by atoms with van der Waals surface area (Å²) in [5, 5.41) is 12.6. The average molecular weight is 297 g/mol. The first-order chi connectivity index (χ1) is 9.41. The minimum atomic E-state index is 0.258. The molecule has 0 aliphatic carbocycles. The predicted molar refractivity (Wildman–Crippen MR) is 80.0 cm³/mol. The number of nitrogens with zero attached hydrogens (tertiary/aromatic N) is 5. The van der Waals surface area contributed by atoms with Gasteiger partial charge >= 0.3 is 0 Å². The van der Waals surface area contributed by atoms with Gasteiger partial charge in [0.2, 0.25) is 5.95 Å². The number of rotatable bonds is 5. The summed E-state index contributed by atoms with van der Waals surface area (Å²) in [4.78, 5) is 4.23. The second-order valence-corrected chi connectivity index (χ2v) is 5.77. The molecule has 110 valence electrons. The normalized spacial score (nSPS) is 11.6. The Bertz CT molecular complexity index is 584. The molecule has 0 saturated carbocycles. The summed E-state index contributed by atoms with van der Waals surface area (Å²) >= 11 is 6.32. The number of aryl methyl sites for hydroxylation is 1. The molecule has 2 rings (SSSR count). The van der Waals surface area contributed by atoms with Gasteiger partial charge in [0.05, 0.1) is 11.7 Å². The summed E-state index contributed by atoms with van der Waals surface area (Å²) in [7, 11) is 1.86. The van der Waals surface area contributed by atoms with Crippen LogP contribution in [0.25, 0.3) is 0 Å². The summed E-state index contributed by atoms with van der Waals surface area (Å²) in [5.41, 5.74) is 2.03. The van der Waals surface area contributed by atoms with E-state index in [2.05, 4.69) is 48.2 Å². The van der Waals surface area contributed by atoms with Crippen molar-refractivity contribution in [2.24, 2.45) is 7.05 Å². The maximum atomic E-state index is 6.32. The maximum absolute atomic E-state index is 6.32. The molecule has 0 bridgehead atoms. The van der Waals surface area contributed by atoms with E-state index in [-0.39, 0.29) is 6.04 Å². The number of halogens is 1. The van der Waals surface area contributed by atoms with Crippen LogP contribution >= 0.6 is 11.6 Å². The van der Waals surface area contributed by atoms with Gasteiger partial charge in [-0.1, -0.05) is 25.4 Å². The third-order valence-corrected chi connectivity index (χ3v) is 3.61. The first-order valence-corrected chi connectivity index (χ1v) is 7.14. The molecule has 0 aliphatic rings. The molecular formula is C13H21ClN6. The van der Waals surface area contributed by atoms with Gasteiger partial charge in [0.1, 0.15) is 11.5 Å². The molecule has 20 heavy (non-hydrogen) atoms. The Morgan fingerprint density at radius 3 is 2.60 bits per heavy atom. The lowest BCUT2D eigenvalue weighted by Crippen LogP contribution is -2.11. The molecule has 0 unspecified atom stereocenters. The zero-order chi connectivity index (χ0) is 14.9. The molecule has 0 aliphatic heterocycles. The first-order valence-electron chi connectivity index (χ1n) is 6.76. The highest BCUT2D eigenvalue weighted by atomic mass is 35.5. The fourth-order valence-electron chi connectivity index (χ4n) is 2.12. The van der Waals surface area contributed by atoms with Crippen LogP contribution in [-0.2, 0) is 13.6 Å². The minimum Gasteiger partial charge on any atom is -0.350 e. The number of anilines is 1. The van der Waals surface area contributed by atoms with Gasteiger partial charge in [-0.05, 0) is 19.8 Å². The van der Waals surface area contributed by atoms with Gasteiger partial charge in [0.25, 0.3) is 0 Å². The van der Waals surface area contributed by atoms with Gasteiger partial charge in [-0.2, -0.15) is 15.2 Å². The van der Waals surface area contributed by atoms with Crippen molar-refractivity contribution in [1.29, 1.82) is 0 Å². The Hall–Kier alpha value is -1.56. The number of nitrogens with one attached hydrogen (secondary N) is 1. The zero-order valence-electron chi connectivity index (χ0n) is 12.6. The molecule has 0 saturated heterocycles. The van der Waals surface area contributed by atoms with Gasteiger partial charge < -0.3 is 5.32 Å². The summed E-state index contributed by atoms with van der Waals surface area (Å²) in [6, 6.07) is 0.258. The van der Waals surface area contributed by atoms with Gasteiger partial charge in [0, 0.05) is 19.2 Å². The molecular weight excluding hydrogens is 276 g/mol. The van der Waals surface area contributed by atoms with Gasteiger partial charge in [-0.15, -0.1) is 0 Å². The second-order valence-electron chi connectivity index (χ2n) is 5.41. The number of aromatic nitrogens is 5. The van der Waals surface area contributed by atoms with E-state index < -0.39 is 0 Å².